The molecule has 0 aromatic heterocycles. The fourth-order valence-electron chi connectivity index (χ4n) is 2.19. The van der Waals surface area contributed by atoms with Crippen LogP contribution in [0.5, 0.6) is 0 Å². The van der Waals surface area contributed by atoms with Crippen LogP contribution in [0.15, 0.2) is 24.3 Å². The molecule has 0 heterocycles. The number of amidine groups is 1. The van der Waals surface area contributed by atoms with Gasteiger partial charge in [0.1, 0.15) is 5.84 Å². The van der Waals surface area contributed by atoms with E-state index in [4.69, 9.17) is 11.1 Å². The van der Waals surface area contributed by atoms with E-state index in [9.17, 15) is 0 Å². The molecule has 0 saturated heterocycles. The van der Waals surface area contributed by atoms with Crippen LogP contribution in [-0.2, 0) is 6.54 Å². The lowest BCUT2D eigenvalue weighted by atomic mass is 10.1. The van der Waals surface area contributed by atoms with E-state index in [0.29, 0.717) is 5.92 Å². The number of hydrogen-bond donors (Lipinski definition) is 2. The summed E-state index contributed by atoms with van der Waals surface area (Å²) >= 11 is 0. The number of hydrogen-bond acceptors (Lipinski definition) is 3. The van der Waals surface area contributed by atoms with E-state index in [0.717, 1.165) is 31.7 Å². The second-order valence-electron chi connectivity index (χ2n) is 6.05. The Morgan fingerprint density at radius 3 is 2.50 bits per heavy atom. The van der Waals surface area contributed by atoms with Gasteiger partial charge in [0.05, 0.1) is 0 Å². The summed E-state index contributed by atoms with van der Waals surface area (Å²) in [5.41, 5.74) is 7.58. The van der Waals surface area contributed by atoms with Gasteiger partial charge in [-0.25, -0.2) is 0 Å². The number of likely N-dealkylation sites (N-methyl/N-ethyl adjacent to an activating group) is 1. The van der Waals surface area contributed by atoms with Crippen LogP contribution >= 0.6 is 0 Å². The lowest BCUT2D eigenvalue weighted by Gasteiger charge is -2.26. The Kier molecular flexibility index (Phi) is 6.68. The number of nitrogens with two attached hydrogens (primary N) is 1. The fourth-order valence-corrected chi connectivity index (χ4v) is 2.19. The molecule has 0 aliphatic rings. The largest absolute Gasteiger partial charge is 0.384 e. The van der Waals surface area contributed by atoms with Crippen molar-refractivity contribution in [2.45, 2.75) is 20.4 Å². The zero-order valence-electron chi connectivity index (χ0n) is 13.2. The molecule has 0 amide bonds. The van der Waals surface area contributed by atoms with Crippen LogP contribution in [0.3, 0.4) is 0 Å². The van der Waals surface area contributed by atoms with Crippen LogP contribution in [0.2, 0.25) is 0 Å². The molecule has 4 heteroatoms. The zero-order chi connectivity index (χ0) is 15.1. The Bertz CT molecular complexity index is 426. The topological polar surface area (TPSA) is 56.4 Å². The van der Waals surface area contributed by atoms with Gasteiger partial charge in [-0.3, -0.25) is 10.3 Å². The molecule has 0 atom stereocenters. The number of nitrogens with one attached hydrogen (secondary N) is 1. The normalized spacial score (nSPS) is 11.6. The first-order chi connectivity index (χ1) is 9.38. The van der Waals surface area contributed by atoms with E-state index in [1.165, 1.54) is 5.56 Å². The molecule has 0 bridgehead atoms. The molecule has 0 aliphatic carbocycles. The third-order valence-corrected chi connectivity index (χ3v) is 3.13. The smallest absolute Gasteiger partial charge is 0.122 e. The number of nitrogens with zero attached hydrogens (tertiary/aromatic N) is 2. The van der Waals surface area contributed by atoms with Gasteiger partial charge in [0.25, 0.3) is 0 Å². The molecule has 1 rings (SSSR count). The van der Waals surface area contributed by atoms with Crippen LogP contribution in [0.25, 0.3) is 0 Å². The monoisotopic (exact) mass is 276 g/mol. The highest BCUT2D eigenvalue weighted by molar-refractivity contribution is 5.95. The minimum Gasteiger partial charge on any atom is -0.384 e. The highest BCUT2D eigenvalue weighted by Crippen LogP contribution is 2.10. The van der Waals surface area contributed by atoms with E-state index < -0.39 is 0 Å². The lowest BCUT2D eigenvalue weighted by Crippen LogP contribution is -2.34. The molecule has 4 nitrogen and oxygen atoms in total. The van der Waals surface area contributed by atoms with Gasteiger partial charge in [-0.15, -0.1) is 0 Å². The van der Waals surface area contributed by atoms with Crippen LogP contribution in [-0.4, -0.2) is 49.4 Å². The van der Waals surface area contributed by atoms with Crippen LogP contribution in [0.4, 0.5) is 0 Å². The third-order valence-electron chi connectivity index (χ3n) is 3.13. The molecule has 1 aromatic carbocycles. The Hall–Kier alpha value is -1.39. The lowest BCUT2D eigenvalue weighted by molar-refractivity contribution is 0.212. The molecule has 3 N–H and O–H groups in total. The quantitative estimate of drug-likeness (QED) is 0.564. The van der Waals surface area contributed by atoms with E-state index in [-0.39, 0.29) is 5.84 Å². The maximum atomic E-state index is 7.52. The van der Waals surface area contributed by atoms with Crippen molar-refractivity contribution in [2.24, 2.45) is 11.7 Å². The van der Waals surface area contributed by atoms with E-state index >= 15 is 0 Å². The van der Waals surface area contributed by atoms with Crippen molar-refractivity contribution < 1.29 is 0 Å². The minimum atomic E-state index is 0.135. The first kappa shape index (κ1) is 16.7. The van der Waals surface area contributed by atoms with Gasteiger partial charge in [-0.05, 0) is 31.6 Å². The van der Waals surface area contributed by atoms with Gasteiger partial charge in [-0.2, -0.15) is 0 Å². The maximum Gasteiger partial charge on any atom is 0.122 e. The first-order valence-corrected chi connectivity index (χ1v) is 7.19. The van der Waals surface area contributed by atoms with Crippen LogP contribution < -0.4 is 5.73 Å². The van der Waals surface area contributed by atoms with Gasteiger partial charge in [0, 0.05) is 31.7 Å². The van der Waals surface area contributed by atoms with Gasteiger partial charge in [-0.1, -0.05) is 32.0 Å². The fraction of sp³-hybridized carbons (Fsp3) is 0.562. The second-order valence-corrected chi connectivity index (χ2v) is 6.05. The van der Waals surface area contributed by atoms with Crippen molar-refractivity contribution >= 4 is 5.84 Å². The van der Waals surface area contributed by atoms with Crippen molar-refractivity contribution in [3.63, 3.8) is 0 Å². The average Bonchev–Trinajstić information content (AvgIpc) is 2.35. The van der Waals surface area contributed by atoms with Crippen molar-refractivity contribution in [3.8, 4) is 0 Å². The molecule has 20 heavy (non-hydrogen) atoms. The summed E-state index contributed by atoms with van der Waals surface area (Å²) in [4.78, 5) is 4.67. The van der Waals surface area contributed by atoms with E-state index in [1.807, 2.05) is 18.2 Å². The highest BCUT2D eigenvalue weighted by Gasteiger charge is 2.09. The van der Waals surface area contributed by atoms with Crippen LogP contribution in [0.1, 0.15) is 25.0 Å². The highest BCUT2D eigenvalue weighted by atomic mass is 15.2. The molecule has 0 spiro atoms. The van der Waals surface area contributed by atoms with E-state index in [1.54, 1.807) is 0 Å². The molecule has 0 aliphatic heterocycles. The number of benzene rings is 1. The summed E-state index contributed by atoms with van der Waals surface area (Å²) in [5.74, 6) is 0.781. The van der Waals surface area contributed by atoms with Gasteiger partial charge in [0.2, 0.25) is 0 Å². The van der Waals surface area contributed by atoms with Gasteiger partial charge < -0.3 is 10.6 Å². The molecule has 0 unspecified atom stereocenters. The summed E-state index contributed by atoms with van der Waals surface area (Å²) < 4.78 is 0. The molecule has 112 valence electrons. The Morgan fingerprint density at radius 1 is 1.25 bits per heavy atom. The first-order valence-electron chi connectivity index (χ1n) is 7.19. The molecule has 0 fully saturated rings. The Balaban J connectivity index is 2.72. The summed E-state index contributed by atoms with van der Waals surface area (Å²) in [6, 6.07) is 7.99. The Labute approximate surface area is 123 Å². The van der Waals surface area contributed by atoms with Crippen molar-refractivity contribution in [1.82, 2.24) is 9.80 Å². The predicted octanol–water partition coefficient (Wildman–Crippen LogP) is 1.99. The predicted molar refractivity (Wildman–Crippen MR) is 86.1 cm³/mol. The summed E-state index contributed by atoms with van der Waals surface area (Å²) in [6.07, 6.45) is 0. The summed E-state index contributed by atoms with van der Waals surface area (Å²) in [5, 5.41) is 7.52. The minimum absolute atomic E-state index is 0.135. The maximum absolute atomic E-state index is 7.52. The van der Waals surface area contributed by atoms with Gasteiger partial charge in [0.15, 0.2) is 0 Å². The number of rotatable bonds is 8. The molecular formula is C16H28N4. The summed E-state index contributed by atoms with van der Waals surface area (Å²) in [6.45, 7) is 8.59. The van der Waals surface area contributed by atoms with E-state index in [2.05, 4.69) is 43.8 Å². The summed E-state index contributed by atoms with van der Waals surface area (Å²) in [7, 11) is 4.20. The molecule has 1 aromatic rings. The average molecular weight is 276 g/mol. The molecular weight excluding hydrogens is 248 g/mol. The van der Waals surface area contributed by atoms with Gasteiger partial charge >= 0.3 is 0 Å². The van der Waals surface area contributed by atoms with Crippen molar-refractivity contribution in [2.75, 3.05) is 33.7 Å². The number of nitrogen functional groups attached to an aromatic ring is 1. The third kappa shape index (κ3) is 6.17. The van der Waals surface area contributed by atoms with Crippen molar-refractivity contribution in [3.05, 3.63) is 35.4 Å². The van der Waals surface area contributed by atoms with Crippen molar-refractivity contribution in [1.29, 1.82) is 5.41 Å². The SMILES string of the molecule is CC(C)CN(CCN(C)C)Cc1cccc(C(=N)N)c1. The van der Waals surface area contributed by atoms with Crippen LogP contribution in [0, 0.1) is 11.3 Å². The Morgan fingerprint density at radius 2 is 1.95 bits per heavy atom. The molecule has 0 radical (unpaired) electrons. The second kappa shape index (κ2) is 8.02. The molecule has 0 saturated carbocycles. The standard InChI is InChI=1S/C16H28N4/c1-13(2)11-20(9-8-19(3)4)12-14-6-5-7-15(10-14)16(17)18/h5-7,10,13H,8-9,11-12H2,1-4H3,(H3,17,18). The zero-order valence-corrected chi connectivity index (χ0v) is 13.2.